The SMILES string of the molecule is COc1ccc(N(C(C)C(=O)NCCSCc2ccc(Cl)c(Cl)c2)S(C)(=O)=O)cc1. The van der Waals surface area contributed by atoms with Crippen molar-refractivity contribution in [3.8, 4) is 5.75 Å². The molecule has 0 heterocycles. The van der Waals surface area contributed by atoms with Crippen LogP contribution < -0.4 is 14.4 Å². The lowest BCUT2D eigenvalue weighted by atomic mass is 10.2. The molecule has 0 radical (unpaired) electrons. The molecule has 0 aromatic heterocycles. The molecule has 0 aliphatic carbocycles. The third-order valence-corrected chi connectivity index (χ3v) is 7.22. The number of ether oxygens (including phenoxy) is 1. The third-order valence-electron chi connectivity index (χ3n) is 4.21. The smallest absolute Gasteiger partial charge is 0.243 e. The van der Waals surface area contributed by atoms with Crippen molar-refractivity contribution in [1.82, 2.24) is 5.32 Å². The molecule has 0 fully saturated rings. The molecular formula is C20H24Cl2N2O4S2. The number of sulfonamides is 1. The van der Waals surface area contributed by atoms with Crippen molar-refractivity contribution in [2.24, 2.45) is 0 Å². The second-order valence-corrected chi connectivity index (χ2v) is 10.3. The summed E-state index contributed by atoms with van der Waals surface area (Å²) < 4.78 is 30.8. The number of nitrogens with one attached hydrogen (secondary N) is 1. The zero-order valence-corrected chi connectivity index (χ0v) is 20.0. The van der Waals surface area contributed by atoms with E-state index in [0.717, 1.165) is 21.9 Å². The molecule has 0 aliphatic heterocycles. The summed E-state index contributed by atoms with van der Waals surface area (Å²) in [6.45, 7) is 1.97. The normalized spacial score (nSPS) is 12.3. The van der Waals surface area contributed by atoms with Gasteiger partial charge in [0.1, 0.15) is 11.8 Å². The first-order chi connectivity index (χ1) is 14.1. The largest absolute Gasteiger partial charge is 0.497 e. The summed E-state index contributed by atoms with van der Waals surface area (Å²) in [5.41, 5.74) is 1.44. The Morgan fingerprint density at radius 1 is 1.17 bits per heavy atom. The Hall–Kier alpha value is -1.61. The Balaban J connectivity index is 1.90. The molecule has 6 nitrogen and oxygen atoms in total. The van der Waals surface area contributed by atoms with Gasteiger partial charge < -0.3 is 10.1 Å². The van der Waals surface area contributed by atoms with Crippen LogP contribution >= 0.6 is 35.0 Å². The number of rotatable bonds is 10. The first-order valence-corrected chi connectivity index (χ1v) is 12.8. The van der Waals surface area contributed by atoms with Crippen LogP contribution in [-0.2, 0) is 20.6 Å². The van der Waals surface area contributed by atoms with E-state index >= 15 is 0 Å². The first-order valence-electron chi connectivity index (χ1n) is 9.06. The maximum atomic E-state index is 12.6. The van der Waals surface area contributed by atoms with Gasteiger partial charge in [0.2, 0.25) is 15.9 Å². The van der Waals surface area contributed by atoms with Crippen molar-refractivity contribution >= 4 is 56.6 Å². The van der Waals surface area contributed by atoms with Crippen molar-refractivity contribution in [3.05, 3.63) is 58.1 Å². The summed E-state index contributed by atoms with van der Waals surface area (Å²) in [5, 5.41) is 3.82. The van der Waals surface area contributed by atoms with E-state index in [1.54, 1.807) is 49.0 Å². The highest BCUT2D eigenvalue weighted by atomic mass is 35.5. The molecule has 1 amide bonds. The Morgan fingerprint density at radius 2 is 1.83 bits per heavy atom. The van der Waals surface area contributed by atoms with Gasteiger partial charge in [-0.3, -0.25) is 9.10 Å². The zero-order chi connectivity index (χ0) is 22.3. The zero-order valence-electron chi connectivity index (χ0n) is 16.9. The fraction of sp³-hybridized carbons (Fsp3) is 0.350. The Morgan fingerprint density at radius 3 is 2.40 bits per heavy atom. The molecule has 0 spiro atoms. The number of benzene rings is 2. The summed E-state index contributed by atoms with van der Waals surface area (Å²) >= 11 is 13.5. The molecule has 0 saturated heterocycles. The number of nitrogens with zero attached hydrogens (tertiary/aromatic N) is 1. The topological polar surface area (TPSA) is 75.7 Å². The summed E-state index contributed by atoms with van der Waals surface area (Å²) in [4.78, 5) is 12.6. The van der Waals surface area contributed by atoms with Gasteiger partial charge in [0.15, 0.2) is 0 Å². The lowest BCUT2D eigenvalue weighted by Crippen LogP contribution is -2.48. The third kappa shape index (κ3) is 6.97. The molecule has 1 N–H and O–H groups in total. The van der Waals surface area contributed by atoms with E-state index in [1.807, 2.05) is 12.1 Å². The number of halogens is 2. The molecule has 2 aromatic carbocycles. The van der Waals surface area contributed by atoms with Gasteiger partial charge in [-0.15, -0.1) is 0 Å². The highest BCUT2D eigenvalue weighted by Crippen LogP contribution is 2.25. The number of hydrogen-bond donors (Lipinski definition) is 1. The van der Waals surface area contributed by atoms with Crippen molar-refractivity contribution in [2.45, 2.75) is 18.7 Å². The molecule has 164 valence electrons. The predicted molar refractivity (Wildman–Crippen MR) is 125 cm³/mol. The van der Waals surface area contributed by atoms with E-state index in [-0.39, 0.29) is 5.91 Å². The van der Waals surface area contributed by atoms with E-state index in [1.165, 1.54) is 7.11 Å². The first kappa shape index (κ1) is 24.7. The standard InChI is InChI=1S/C20H24Cl2N2O4S2/c1-14(24(30(3,26)27)16-5-7-17(28-2)8-6-16)20(25)23-10-11-29-13-15-4-9-18(21)19(22)12-15/h4-9,12,14H,10-11,13H2,1-3H3,(H,23,25). The quantitative estimate of drug-likeness (QED) is 0.504. The number of carbonyl (C=O) groups excluding carboxylic acids is 1. The van der Waals surface area contributed by atoms with Crippen LogP contribution in [0.3, 0.4) is 0 Å². The average molecular weight is 491 g/mol. The Bertz CT molecular complexity index is 969. The van der Waals surface area contributed by atoms with Crippen molar-refractivity contribution in [3.63, 3.8) is 0 Å². The summed E-state index contributed by atoms with van der Waals surface area (Å²) in [6.07, 6.45) is 1.08. The number of carbonyl (C=O) groups is 1. The molecule has 10 heteroatoms. The summed E-state index contributed by atoms with van der Waals surface area (Å²) in [6, 6.07) is 11.1. The fourth-order valence-electron chi connectivity index (χ4n) is 2.75. The van der Waals surface area contributed by atoms with Gasteiger partial charge in [-0.1, -0.05) is 29.3 Å². The van der Waals surface area contributed by atoms with Crippen molar-refractivity contribution < 1.29 is 17.9 Å². The molecule has 1 atom stereocenters. The highest BCUT2D eigenvalue weighted by Gasteiger charge is 2.28. The van der Waals surface area contributed by atoms with Gasteiger partial charge in [-0.05, 0) is 48.9 Å². The second-order valence-electron chi connectivity index (χ2n) is 6.52. The number of anilines is 1. The molecule has 0 bridgehead atoms. The number of hydrogen-bond acceptors (Lipinski definition) is 5. The molecule has 2 aromatic rings. The van der Waals surface area contributed by atoms with Crippen LogP contribution in [0.4, 0.5) is 5.69 Å². The molecule has 30 heavy (non-hydrogen) atoms. The van der Waals surface area contributed by atoms with Crippen LogP contribution in [-0.4, -0.2) is 46.0 Å². The Labute approximate surface area is 191 Å². The van der Waals surface area contributed by atoms with Crippen LogP contribution in [0, 0.1) is 0 Å². The number of methoxy groups -OCH3 is 1. The van der Waals surface area contributed by atoms with E-state index in [4.69, 9.17) is 27.9 Å². The summed E-state index contributed by atoms with van der Waals surface area (Å²) in [7, 11) is -2.13. The maximum absolute atomic E-state index is 12.6. The van der Waals surface area contributed by atoms with Crippen LogP contribution in [0.5, 0.6) is 5.75 Å². The van der Waals surface area contributed by atoms with Gasteiger partial charge in [0.25, 0.3) is 0 Å². The van der Waals surface area contributed by atoms with Crippen LogP contribution in [0.25, 0.3) is 0 Å². The molecule has 1 unspecified atom stereocenters. The number of thioether (sulfide) groups is 1. The minimum atomic E-state index is -3.66. The predicted octanol–water partition coefficient (Wildman–Crippen LogP) is 4.21. The van der Waals surface area contributed by atoms with E-state index in [9.17, 15) is 13.2 Å². The van der Waals surface area contributed by atoms with Gasteiger partial charge in [-0.2, -0.15) is 11.8 Å². The molecule has 2 rings (SSSR count). The summed E-state index contributed by atoms with van der Waals surface area (Å²) in [5.74, 6) is 1.62. The fourth-order valence-corrected chi connectivity index (χ4v) is 5.05. The van der Waals surface area contributed by atoms with E-state index in [2.05, 4.69) is 5.32 Å². The van der Waals surface area contributed by atoms with E-state index < -0.39 is 16.1 Å². The van der Waals surface area contributed by atoms with Crippen LogP contribution in [0.1, 0.15) is 12.5 Å². The Kier molecular flexibility index (Phi) is 9.15. The van der Waals surface area contributed by atoms with Gasteiger partial charge in [-0.25, -0.2) is 8.42 Å². The van der Waals surface area contributed by atoms with Gasteiger partial charge in [0, 0.05) is 18.1 Å². The van der Waals surface area contributed by atoms with Gasteiger partial charge in [0.05, 0.1) is 29.1 Å². The van der Waals surface area contributed by atoms with Gasteiger partial charge >= 0.3 is 0 Å². The van der Waals surface area contributed by atoms with Crippen molar-refractivity contribution in [2.75, 3.05) is 30.0 Å². The monoisotopic (exact) mass is 490 g/mol. The molecule has 0 saturated carbocycles. The maximum Gasteiger partial charge on any atom is 0.243 e. The van der Waals surface area contributed by atoms with Crippen molar-refractivity contribution in [1.29, 1.82) is 0 Å². The lowest BCUT2D eigenvalue weighted by molar-refractivity contribution is -0.121. The second kappa shape index (κ2) is 11.1. The van der Waals surface area contributed by atoms with Crippen LogP contribution in [0.2, 0.25) is 10.0 Å². The molecule has 0 aliphatic rings. The highest BCUT2D eigenvalue weighted by molar-refractivity contribution is 7.98. The van der Waals surface area contributed by atoms with Crippen LogP contribution in [0.15, 0.2) is 42.5 Å². The van der Waals surface area contributed by atoms with E-state index in [0.29, 0.717) is 33.8 Å². The molecular weight excluding hydrogens is 467 g/mol. The minimum absolute atomic E-state index is 0.369. The average Bonchev–Trinajstić information content (AvgIpc) is 2.69. The number of amides is 1. The minimum Gasteiger partial charge on any atom is -0.497 e. The lowest BCUT2D eigenvalue weighted by Gasteiger charge is -2.28.